The molecule has 184 valence electrons. The molecule has 3 aliphatic heterocycles. The minimum atomic E-state index is -0.219. The number of piperidine rings is 1. The average molecular weight is 500 g/mol. The molecule has 5 nitrogen and oxygen atoms in total. The van der Waals surface area contributed by atoms with Crippen molar-refractivity contribution >= 4 is 33.8 Å². The quantitative estimate of drug-likeness (QED) is 0.498. The van der Waals surface area contributed by atoms with E-state index in [9.17, 15) is 4.39 Å². The number of halogens is 1. The number of nitrogens with two attached hydrogens (primary N) is 1. The first-order valence-corrected chi connectivity index (χ1v) is 12.9. The Kier molecular flexibility index (Phi) is 5.90. The van der Waals surface area contributed by atoms with E-state index >= 15 is 0 Å². The number of aromatic nitrogens is 1. The van der Waals surface area contributed by atoms with E-state index in [1.165, 1.54) is 17.5 Å². The van der Waals surface area contributed by atoms with E-state index < -0.39 is 0 Å². The molecule has 0 spiro atoms. The highest BCUT2D eigenvalue weighted by molar-refractivity contribution is 7.80. The second-order valence-electron chi connectivity index (χ2n) is 9.85. The van der Waals surface area contributed by atoms with E-state index in [0.29, 0.717) is 6.54 Å². The molecule has 1 aromatic heterocycles. The van der Waals surface area contributed by atoms with Gasteiger partial charge in [0, 0.05) is 54.0 Å². The monoisotopic (exact) mass is 499 g/mol. The Balaban J connectivity index is 1.32. The summed E-state index contributed by atoms with van der Waals surface area (Å²) in [6, 6.07) is 17.6. The number of likely N-dealkylation sites (tertiary alicyclic amines) is 1. The lowest BCUT2D eigenvalue weighted by molar-refractivity contribution is 0.313. The van der Waals surface area contributed by atoms with E-state index in [1.807, 2.05) is 12.1 Å². The molecule has 1 saturated heterocycles. The number of allylic oxidation sites excluding steroid dienone is 1. The zero-order valence-electron chi connectivity index (χ0n) is 20.3. The lowest BCUT2D eigenvalue weighted by atomic mass is 10.0. The molecular formula is C29H30FN5S. The van der Waals surface area contributed by atoms with Crippen molar-refractivity contribution in [2.45, 2.75) is 38.5 Å². The van der Waals surface area contributed by atoms with Gasteiger partial charge in [-0.05, 0) is 61.7 Å². The van der Waals surface area contributed by atoms with Crippen molar-refractivity contribution in [1.82, 2.24) is 19.7 Å². The smallest absolute Gasteiger partial charge is 0.123 e. The first-order valence-electron chi connectivity index (χ1n) is 12.5. The van der Waals surface area contributed by atoms with Gasteiger partial charge < -0.3 is 25.4 Å². The van der Waals surface area contributed by atoms with Crippen molar-refractivity contribution in [2.24, 2.45) is 5.73 Å². The Morgan fingerprint density at radius 2 is 1.97 bits per heavy atom. The first kappa shape index (κ1) is 23.0. The van der Waals surface area contributed by atoms with Gasteiger partial charge in [0.1, 0.15) is 17.0 Å². The topological polar surface area (TPSA) is 49.5 Å². The van der Waals surface area contributed by atoms with Crippen LogP contribution in [0.4, 0.5) is 4.39 Å². The van der Waals surface area contributed by atoms with Crippen LogP contribution in [0.3, 0.4) is 0 Å². The maximum Gasteiger partial charge on any atom is 0.123 e. The molecule has 0 radical (unpaired) electrons. The molecule has 2 atom stereocenters. The number of benzene rings is 2. The summed E-state index contributed by atoms with van der Waals surface area (Å²) in [6.45, 7) is 4.58. The fourth-order valence-corrected chi connectivity index (χ4v) is 5.81. The maximum atomic E-state index is 13.5. The standard InChI is InChI=1S/C29H30FN5S/c1-19-28(32-27-16-22(12-14-34(19)27)29(36)33-13-4-6-24(31)18-33)26-15-21-5-2-3-7-25(21)35(26)17-20-8-10-23(30)11-9-20/h2-3,5,7-12,14-16,24,27,32H,4,6,13,17-18,31H2,1H3. The summed E-state index contributed by atoms with van der Waals surface area (Å²) < 4.78 is 15.8. The fraction of sp³-hybridized carbons (Fsp3) is 0.276. The summed E-state index contributed by atoms with van der Waals surface area (Å²) in [5.41, 5.74) is 12.8. The van der Waals surface area contributed by atoms with Crippen molar-refractivity contribution in [3.8, 4) is 0 Å². The van der Waals surface area contributed by atoms with E-state index in [0.717, 1.165) is 64.7 Å². The molecule has 3 N–H and O–H groups in total. The number of hydrogen-bond donors (Lipinski definition) is 2. The van der Waals surface area contributed by atoms with Crippen LogP contribution in [-0.4, -0.2) is 44.7 Å². The zero-order valence-corrected chi connectivity index (χ0v) is 21.1. The molecule has 7 heteroatoms. The van der Waals surface area contributed by atoms with Crippen molar-refractivity contribution in [2.75, 3.05) is 13.1 Å². The molecule has 0 saturated carbocycles. The second-order valence-corrected chi connectivity index (χ2v) is 10.2. The van der Waals surface area contributed by atoms with Crippen LogP contribution in [0.1, 0.15) is 31.0 Å². The van der Waals surface area contributed by atoms with E-state index in [-0.39, 0.29) is 18.0 Å². The third-order valence-corrected chi connectivity index (χ3v) is 7.90. The molecule has 2 unspecified atom stereocenters. The lowest BCUT2D eigenvalue weighted by Crippen LogP contribution is -2.46. The second kappa shape index (κ2) is 9.22. The number of fused-ring (bicyclic) bond motifs is 2. The fourth-order valence-electron chi connectivity index (χ4n) is 5.51. The highest BCUT2D eigenvalue weighted by Gasteiger charge is 2.32. The number of nitrogens with zero attached hydrogens (tertiary/aromatic N) is 3. The Hall–Kier alpha value is -3.42. The molecule has 0 amide bonds. The van der Waals surface area contributed by atoms with Crippen LogP contribution in [0, 0.1) is 5.82 Å². The Morgan fingerprint density at radius 3 is 2.78 bits per heavy atom. The van der Waals surface area contributed by atoms with Crippen LogP contribution in [0.2, 0.25) is 0 Å². The van der Waals surface area contributed by atoms with Crippen molar-refractivity contribution in [3.05, 3.63) is 101 Å². The predicted octanol–water partition coefficient (Wildman–Crippen LogP) is 4.95. The van der Waals surface area contributed by atoms with Gasteiger partial charge in [0.2, 0.25) is 0 Å². The largest absolute Gasteiger partial charge is 0.361 e. The Labute approximate surface area is 216 Å². The minimum absolute atomic E-state index is 0.00584. The van der Waals surface area contributed by atoms with Gasteiger partial charge in [0.25, 0.3) is 0 Å². The Morgan fingerprint density at radius 1 is 1.17 bits per heavy atom. The predicted molar refractivity (Wildman–Crippen MR) is 147 cm³/mol. The van der Waals surface area contributed by atoms with Crippen LogP contribution < -0.4 is 11.1 Å². The van der Waals surface area contributed by atoms with Gasteiger partial charge in [-0.2, -0.15) is 0 Å². The van der Waals surface area contributed by atoms with Crippen LogP contribution in [0.25, 0.3) is 16.6 Å². The van der Waals surface area contributed by atoms with E-state index in [4.69, 9.17) is 18.0 Å². The van der Waals surface area contributed by atoms with Gasteiger partial charge in [-0.1, -0.05) is 42.5 Å². The molecule has 2 aromatic carbocycles. The number of nitrogens with one attached hydrogen (secondary N) is 1. The highest BCUT2D eigenvalue weighted by Crippen LogP contribution is 2.34. The van der Waals surface area contributed by atoms with Crippen LogP contribution >= 0.6 is 12.2 Å². The third kappa shape index (κ3) is 4.12. The van der Waals surface area contributed by atoms with Gasteiger partial charge >= 0.3 is 0 Å². The van der Waals surface area contributed by atoms with Gasteiger partial charge in [-0.3, -0.25) is 0 Å². The normalized spacial score (nSPS) is 21.6. The number of para-hydroxylation sites is 1. The molecule has 0 bridgehead atoms. The summed E-state index contributed by atoms with van der Waals surface area (Å²) in [4.78, 5) is 5.37. The van der Waals surface area contributed by atoms with Gasteiger partial charge in [0.15, 0.2) is 0 Å². The van der Waals surface area contributed by atoms with Gasteiger partial charge in [-0.15, -0.1) is 0 Å². The van der Waals surface area contributed by atoms with Crippen molar-refractivity contribution in [1.29, 1.82) is 0 Å². The SMILES string of the molecule is CC1=C(c2cc3ccccc3n2Cc2ccc(F)cc2)NC2C=C(C(=S)N3CCCC(N)C3)C=CN12. The molecule has 6 rings (SSSR count). The molecule has 3 aliphatic rings. The lowest BCUT2D eigenvalue weighted by Gasteiger charge is -2.34. The van der Waals surface area contributed by atoms with Crippen LogP contribution in [-0.2, 0) is 6.54 Å². The zero-order chi connectivity index (χ0) is 24.8. The highest BCUT2D eigenvalue weighted by atomic mass is 32.1. The molecule has 4 heterocycles. The van der Waals surface area contributed by atoms with Crippen molar-refractivity contribution < 1.29 is 4.39 Å². The van der Waals surface area contributed by atoms with E-state index in [1.54, 1.807) is 0 Å². The minimum Gasteiger partial charge on any atom is -0.361 e. The summed E-state index contributed by atoms with van der Waals surface area (Å²) in [5, 5.41) is 4.92. The van der Waals surface area contributed by atoms with Gasteiger partial charge in [0.05, 0.1) is 11.4 Å². The summed E-state index contributed by atoms with van der Waals surface area (Å²) >= 11 is 5.87. The Bertz CT molecular complexity index is 1420. The molecular weight excluding hydrogens is 469 g/mol. The average Bonchev–Trinajstić information content (AvgIpc) is 3.42. The summed E-state index contributed by atoms with van der Waals surface area (Å²) in [7, 11) is 0. The van der Waals surface area contributed by atoms with Crippen LogP contribution in [0.5, 0.6) is 0 Å². The summed E-state index contributed by atoms with van der Waals surface area (Å²) in [5.74, 6) is -0.219. The molecule has 3 aromatic rings. The van der Waals surface area contributed by atoms with Crippen LogP contribution in [0.15, 0.2) is 84.2 Å². The van der Waals surface area contributed by atoms with Gasteiger partial charge in [-0.25, -0.2) is 4.39 Å². The third-order valence-electron chi connectivity index (χ3n) is 7.41. The molecule has 1 fully saturated rings. The molecule has 36 heavy (non-hydrogen) atoms. The molecule has 0 aliphatic carbocycles. The number of thiocarbonyl (C=S) groups is 1. The first-order chi connectivity index (χ1) is 17.5. The number of rotatable bonds is 4. The number of hydrogen-bond acceptors (Lipinski definition) is 4. The maximum absolute atomic E-state index is 13.5. The van der Waals surface area contributed by atoms with E-state index in [2.05, 4.69) is 75.3 Å². The van der Waals surface area contributed by atoms with Crippen molar-refractivity contribution in [3.63, 3.8) is 0 Å². The summed E-state index contributed by atoms with van der Waals surface area (Å²) in [6.07, 6.45) is 8.58.